The lowest BCUT2D eigenvalue weighted by atomic mass is 9.91. The molecular weight excluding hydrogens is 705 g/mol. The number of hydrogen-bond acceptors (Lipinski definition) is 5. The van der Waals surface area contributed by atoms with Gasteiger partial charge in [-0.1, -0.05) is 151 Å². The van der Waals surface area contributed by atoms with E-state index in [1.54, 1.807) is 24.3 Å². The standard InChI is InChI=1S/C52H72O5/c1-6-7-8-9-10-11-12-13-14-15-16-17-18-19-20-24-39-55-47-33-31-46(32-34-47)52(54)57-49-37-29-45(30-38-49)44-27-35-48(36-28-44)56-51(53)26-23-21-22-25-50-42(4)40(2)41(3)43(50)5/h27-38,50H,6-26,39H2,1-5H3. The van der Waals surface area contributed by atoms with Crippen LogP contribution in [-0.4, -0.2) is 18.5 Å². The molecule has 310 valence electrons. The molecule has 0 atom stereocenters. The zero-order chi connectivity index (χ0) is 40.7. The Morgan fingerprint density at radius 2 is 0.895 bits per heavy atom. The number of ether oxygens (including phenoxy) is 3. The summed E-state index contributed by atoms with van der Waals surface area (Å²) in [7, 11) is 0. The Morgan fingerprint density at radius 1 is 0.474 bits per heavy atom. The lowest BCUT2D eigenvalue weighted by molar-refractivity contribution is -0.134. The van der Waals surface area contributed by atoms with Crippen molar-refractivity contribution in [3.05, 3.63) is 101 Å². The molecule has 0 N–H and O–H groups in total. The topological polar surface area (TPSA) is 61.8 Å². The maximum absolute atomic E-state index is 12.8. The molecule has 0 radical (unpaired) electrons. The second-order valence-electron chi connectivity index (χ2n) is 16.4. The number of rotatable bonds is 28. The third kappa shape index (κ3) is 16.3. The highest BCUT2D eigenvalue weighted by molar-refractivity contribution is 5.91. The van der Waals surface area contributed by atoms with Gasteiger partial charge in [0, 0.05) is 12.3 Å². The van der Waals surface area contributed by atoms with Crippen LogP contribution in [0.2, 0.25) is 0 Å². The van der Waals surface area contributed by atoms with E-state index < -0.39 is 5.97 Å². The highest BCUT2D eigenvalue weighted by Gasteiger charge is 2.23. The number of carbonyl (C=O) groups excluding carboxylic acids is 2. The summed E-state index contributed by atoms with van der Waals surface area (Å²) in [6, 6.07) is 22.1. The van der Waals surface area contributed by atoms with Gasteiger partial charge in [0.25, 0.3) is 0 Å². The predicted molar refractivity (Wildman–Crippen MR) is 237 cm³/mol. The van der Waals surface area contributed by atoms with E-state index in [9.17, 15) is 9.59 Å². The molecule has 5 heteroatoms. The molecule has 3 aromatic carbocycles. The SMILES string of the molecule is CCCCCCCCCCCCCCCCCCOc1ccc(C(=O)Oc2ccc(-c3ccc(OC(=O)CCCCCC4C(C)=C(C)C(C)=C4C)cc3)cc2)cc1. The molecule has 0 bridgehead atoms. The Bertz CT molecular complexity index is 1660. The molecule has 0 fully saturated rings. The maximum Gasteiger partial charge on any atom is 0.343 e. The molecule has 57 heavy (non-hydrogen) atoms. The van der Waals surface area contributed by atoms with Crippen LogP contribution in [0.1, 0.15) is 180 Å². The molecular formula is C52H72O5. The fraction of sp³-hybridized carbons (Fsp3) is 0.538. The summed E-state index contributed by atoms with van der Waals surface area (Å²) in [6.07, 6.45) is 26.2. The molecule has 0 heterocycles. The van der Waals surface area contributed by atoms with Crippen LogP contribution in [0.3, 0.4) is 0 Å². The van der Waals surface area contributed by atoms with E-state index >= 15 is 0 Å². The van der Waals surface area contributed by atoms with Crippen molar-refractivity contribution in [1.29, 1.82) is 0 Å². The average molecular weight is 777 g/mol. The monoisotopic (exact) mass is 777 g/mol. The molecule has 0 unspecified atom stereocenters. The number of hydrogen-bond donors (Lipinski definition) is 0. The second-order valence-corrected chi connectivity index (χ2v) is 16.4. The molecule has 1 aliphatic rings. The molecule has 3 aromatic rings. The van der Waals surface area contributed by atoms with E-state index in [0.717, 1.165) is 49.0 Å². The van der Waals surface area contributed by atoms with Gasteiger partial charge in [0.15, 0.2) is 0 Å². The summed E-state index contributed by atoms with van der Waals surface area (Å²) in [5, 5.41) is 0. The summed E-state index contributed by atoms with van der Waals surface area (Å²) in [6.45, 7) is 11.9. The van der Waals surface area contributed by atoms with Gasteiger partial charge >= 0.3 is 11.9 Å². The van der Waals surface area contributed by atoms with Gasteiger partial charge in [0.1, 0.15) is 17.2 Å². The van der Waals surface area contributed by atoms with Crippen molar-refractivity contribution in [3.63, 3.8) is 0 Å². The molecule has 5 nitrogen and oxygen atoms in total. The first-order valence-electron chi connectivity index (χ1n) is 22.5. The Balaban J connectivity index is 1.04. The minimum atomic E-state index is -0.406. The largest absolute Gasteiger partial charge is 0.494 e. The third-order valence-electron chi connectivity index (χ3n) is 12.0. The molecule has 0 saturated heterocycles. The highest BCUT2D eigenvalue weighted by atomic mass is 16.5. The van der Waals surface area contributed by atoms with E-state index in [4.69, 9.17) is 14.2 Å². The number of benzene rings is 3. The van der Waals surface area contributed by atoms with E-state index in [1.807, 2.05) is 48.5 Å². The Kier molecular flexibility index (Phi) is 20.8. The van der Waals surface area contributed by atoms with Crippen LogP contribution in [0.25, 0.3) is 11.1 Å². The van der Waals surface area contributed by atoms with Crippen LogP contribution >= 0.6 is 0 Å². The fourth-order valence-corrected chi connectivity index (χ4v) is 7.97. The van der Waals surface area contributed by atoms with Crippen LogP contribution < -0.4 is 14.2 Å². The quantitative estimate of drug-likeness (QED) is 0.0417. The predicted octanol–water partition coefficient (Wildman–Crippen LogP) is 15.4. The highest BCUT2D eigenvalue weighted by Crippen LogP contribution is 2.39. The van der Waals surface area contributed by atoms with Gasteiger partial charge in [-0.3, -0.25) is 4.79 Å². The summed E-state index contributed by atoms with van der Waals surface area (Å²) in [5.74, 6) is 1.76. The summed E-state index contributed by atoms with van der Waals surface area (Å²) < 4.78 is 17.2. The Hall–Kier alpha value is -4.12. The van der Waals surface area contributed by atoms with Gasteiger partial charge in [-0.25, -0.2) is 4.79 Å². The van der Waals surface area contributed by atoms with E-state index in [1.165, 1.54) is 119 Å². The van der Waals surface area contributed by atoms with Crippen molar-refractivity contribution in [2.24, 2.45) is 5.92 Å². The van der Waals surface area contributed by atoms with Gasteiger partial charge in [0.05, 0.1) is 12.2 Å². The van der Waals surface area contributed by atoms with Crippen LogP contribution in [0.15, 0.2) is 95.1 Å². The molecule has 0 saturated carbocycles. The molecule has 0 spiro atoms. The minimum Gasteiger partial charge on any atom is -0.494 e. The van der Waals surface area contributed by atoms with Crippen LogP contribution in [0, 0.1) is 5.92 Å². The Labute approximate surface area is 345 Å². The molecule has 0 amide bonds. The van der Waals surface area contributed by atoms with Crippen molar-refractivity contribution in [2.75, 3.05) is 6.61 Å². The van der Waals surface area contributed by atoms with Crippen molar-refractivity contribution in [3.8, 4) is 28.4 Å². The molecule has 4 rings (SSSR count). The smallest absolute Gasteiger partial charge is 0.343 e. The maximum atomic E-state index is 12.8. The Morgan fingerprint density at radius 3 is 1.39 bits per heavy atom. The molecule has 1 aliphatic carbocycles. The van der Waals surface area contributed by atoms with Gasteiger partial charge in [-0.05, 0) is 118 Å². The zero-order valence-electron chi connectivity index (χ0n) is 36.1. The van der Waals surface area contributed by atoms with Crippen LogP contribution in [-0.2, 0) is 4.79 Å². The van der Waals surface area contributed by atoms with Crippen LogP contribution in [0.5, 0.6) is 17.2 Å². The molecule has 0 aromatic heterocycles. The summed E-state index contributed by atoms with van der Waals surface area (Å²) in [4.78, 5) is 25.3. The summed E-state index contributed by atoms with van der Waals surface area (Å²) in [5.41, 5.74) is 8.34. The minimum absolute atomic E-state index is 0.193. The number of allylic oxidation sites excluding steroid dienone is 4. The average Bonchev–Trinajstić information content (AvgIpc) is 3.40. The fourth-order valence-electron chi connectivity index (χ4n) is 7.97. The first-order valence-corrected chi connectivity index (χ1v) is 22.5. The van der Waals surface area contributed by atoms with E-state index in [2.05, 4.69) is 34.6 Å². The number of esters is 2. The first kappa shape index (κ1) is 45.6. The number of carbonyl (C=O) groups is 2. The van der Waals surface area contributed by atoms with Crippen molar-refractivity contribution in [1.82, 2.24) is 0 Å². The third-order valence-corrected chi connectivity index (χ3v) is 12.0. The second kappa shape index (κ2) is 26.0. The van der Waals surface area contributed by atoms with Crippen molar-refractivity contribution >= 4 is 11.9 Å². The van der Waals surface area contributed by atoms with Gasteiger partial charge in [-0.2, -0.15) is 0 Å². The van der Waals surface area contributed by atoms with E-state index in [-0.39, 0.29) is 5.97 Å². The van der Waals surface area contributed by atoms with Crippen molar-refractivity contribution < 1.29 is 23.8 Å². The van der Waals surface area contributed by atoms with E-state index in [0.29, 0.717) is 36.0 Å². The lowest BCUT2D eigenvalue weighted by Crippen LogP contribution is -2.08. The zero-order valence-corrected chi connectivity index (χ0v) is 36.1. The van der Waals surface area contributed by atoms with Gasteiger partial charge in [-0.15, -0.1) is 0 Å². The van der Waals surface area contributed by atoms with Gasteiger partial charge < -0.3 is 14.2 Å². The first-order chi connectivity index (χ1) is 27.8. The van der Waals surface area contributed by atoms with Crippen molar-refractivity contribution in [2.45, 2.75) is 169 Å². The summed E-state index contributed by atoms with van der Waals surface area (Å²) >= 11 is 0. The van der Waals surface area contributed by atoms with Gasteiger partial charge in [0.2, 0.25) is 0 Å². The number of unbranched alkanes of at least 4 members (excludes halogenated alkanes) is 17. The molecule has 0 aliphatic heterocycles. The van der Waals surface area contributed by atoms with Crippen LogP contribution in [0.4, 0.5) is 0 Å². The lowest BCUT2D eigenvalue weighted by Gasteiger charge is -2.14. The normalized spacial score (nSPS) is 13.1.